The minimum Gasteiger partial charge on any atom is -0.291 e. The van der Waals surface area contributed by atoms with Crippen molar-refractivity contribution in [2.45, 2.75) is 39.2 Å². The number of alkyl halides is 3. The van der Waals surface area contributed by atoms with E-state index >= 15 is 0 Å². The molecule has 2 aromatic carbocycles. The SMILES string of the molecule is CCc1ccc(CN2Cc3cc(Cl)cc(C(F)(F)F)c3C2)cc1. The summed E-state index contributed by atoms with van der Waals surface area (Å²) < 4.78 is 39.6. The van der Waals surface area contributed by atoms with E-state index in [0.29, 0.717) is 30.8 Å². The van der Waals surface area contributed by atoms with Crippen LogP contribution in [0.15, 0.2) is 36.4 Å². The second kappa shape index (κ2) is 6.17. The van der Waals surface area contributed by atoms with Crippen LogP contribution in [0.5, 0.6) is 0 Å². The van der Waals surface area contributed by atoms with Gasteiger partial charge in [0.1, 0.15) is 0 Å². The van der Waals surface area contributed by atoms with Gasteiger partial charge in [-0.2, -0.15) is 13.2 Å². The average molecular weight is 340 g/mol. The maximum Gasteiger partial charge on any atom is 0.416 e. The lowest BCUT2D eigenvalue weighted by Crippen LogP contribution is -2.16. The highest BCUT2D eigenvalue weighted by molar-refractivity contribution is 6.30. The first kappa shape index (κ1) is 16.3. The summed E-state index contributed by atoms with van der Waals surface area (Å²) in [5.41, 5.74) is 2.78. The molecule has 2 aromatic rings. The molecule has 0 radical (unpaired) electrons. The van der Waals surface area contributed by atoms with Gasteiger partial charge in [-0.25, -0.2) is 0 Å². The zero-order chi connectivity index (χ0) is 16.6. The molecule has 0 saturated carbocycles. The van der Waals surface area contributed by atoms with Crippen LogP contribution >= 0.6 is 11.6 Å². The highest BCUT2D eigenvalue weighted by Crippen LogP contribution is 2.39. The van der Waals surface area contributed by atoms with Crippen molar-refractivity contribution in [2.24, 2.45) is 0 Å². The van der Waals surface area contributed by atoms with E-state index in [9.17, 15) is 13.2 Å². The molecule has 0 aliphatic carbocycles. The van der Waals surface area contributed by atoms with Crippen LogP contribution in [0.2, 0.25) is 5.02 Å². The highest BCUT2D eigenvalue weighted by atomic mass is 35.5. The van der Waals surface area contributed by atoms with Crippen molar-refractivity contribution in [3.63, 3.8) is 0 Å². The number of aryl methyl sites for hydroxylation is 1. The molecular weight excluding hydrogens is 323 g/mol. The van der Waals surface area contributed by atoms with Crippen LogP contribution in [-0.4, -0.2) is 4.90 Å². The first-order chi connectivity index (χ1) is 10.9. The number of hydrogen-bond acceptors (Lipinski definition) is 1. The molecule has 0 bridgehead atoms. The van der Waals surface area contributed by atoms with E-state index in [1.165, 1.54) is 5.56 Å². The molecule has 0 atom stereocenters. The predicted molar refractivity (Wildman–Crippen MR) is 85.2 cm³/mol. The average Bonchev–Trinajstić information content (AvgIpc) is 2.88. The maximum absolute atomic E-state index is 13.2. The molecule has 1 nitrogen and oxygen atoms in total. The Hall–Kier alpha value is -1.52. The molecule has 1 heterocycles. The third-order valence-electron chi connectivity index (χ3n) is 4.23. The summed E-state index contributed by atoms with van der Waals surface area (Å²) in [4.78, 5) is 2.01. The van der Waals surface area contributed by atoms with Crippen LogP contribution < -0.4 is 0 Å². The van der Waals surface area contributed by atoms with Crippen LogP contribution in [-0.2, 0) is 32.2 Å². The Bertz CT molecular complexity index is 707. The quantitative estimate of drug-likeness (QED) is 0.720. The minimum atomic E-state index is -4.37. The van der Waals surface area contributed by atoms with E-state index in [-0.39, 0.29) is 5.02 Å². The fraction of sp³-hybridized carbons (Fsp3) is 0.333. The van der Waals surface area contributed by atoms with Crippen LogP contribution in [0.3, 0.4) is 0 Å². The lowest BCUT2D eigenvalue weighted by atomic mass is 10.0. The molecule has 1 aliphatic rings. The van der Waals surface area contributed by atoms with Gasteiger partial charge in [-0.15, -0.1) is 0 Å². The van der Waals surface area contributed by atoms with E-state index in [1.54, 1.807) is 6.07 Å². The van der Waals surface area contributed by atoms with Crippen LogP contribution in [0.4, 0.5) is 13.2 Å². The van der Waals surface area contributed by atoms with Crippen molar-refractivity contribution in [1.29, 1.82) is 0 Å². The van der Waals surface area contributed by atoms with Crippen molar-refractivity contribution in [3.05, 3.63) is 69.2 Å². The van der Waals surface area contributed by atoms with Crippen molar-refractivity contribution < 1.29 is 13.2 Å². The van der Waals surface area contributed by atoms with E-state index in [4.69, 9.17) is 11.6 Å². The Morgan fingerprint density at radius 1 is 1.04 bits per heavy atom. The third-order valence-corrected chi connectivity index (χ3v) is 4.44. The molecule has 0 aromatic heterocycles. The standard InChI is InChI=1S/C18H17ClF3N/c1-2-12-3-5-13(6-4-12)9-23-10-14-7-15(19)8-17(16(14)11-23)18(20,21)22/h3-8H,2,9-11H2,1H3. The lowest BCUT2D eigenvalue weighted by molar-refractivity contribution is -0.138. The van der Waals surface area contributed by atoms with E-state index in [2.05, 4.69) is 19.1 Å². The van der Waals surface area contributed by atoms with Gasteiger partial charge in [0.2, 0.25) is 0 Å². The molecule has 1 aliphatic heterocycles. The Morgan fingerprint density at radius 2 is 1.70 bits per heavy atom. The van der Waals surface area contributed by atoms with Gasteiger partial charge in [-0.1, -0.05) is 42.8 Å². The number of halogens is 4. The van der Waals surface area contributed by atoms with E-state index < -0.39 is 11.7 Å². The molecule has 3 rings (SSSR count). The summed E-state index contributed by atoms with van der Waals surface area (Å²) in [5.74, 6) is 0. The summed E-state index contributed by atoms with van der Waals surface area (Å²) in [5, 5.41) is 0.144. The first-order valence-electron chi connectivity index (χ1n) is 7.55. The number of fused-ring (bicyclic) bond motifs is 1. The third kappa shape index (κ3) is 3.54. The molecule has 23 heavy (non-hydrogen) atoms. The topological polar surface area (TPSA) is 3.24 Å². The molecule has 122 valence electrons. The zero-order valence-corrected chi connectivity index (χ0v) is 13.5. The molecule has 0 fully saturated rings. The number of benzene rings is 2. The summed E-state index contributed by atoms with van der Waals surface area (Å²) in [6.45, 7) is 3.52. The molecular formula is C18H17ClF3N. The smallest absolute Gasteiger partial charge is 0.291 e. The van der Waals surface area contributed by atoms with Crippen molar-refractivity contribution in [2.75, 3.05) is 0 Å². The molecule has 0 N–H and O–H groups in total. The molecule has 0 unspecified atom stereocenters. The summed E-state index contributed by atoms with van der Waals surface area (Å²) in [6.07, 6.45) is -3.39. The van der Waals surface area contributed by atoms with Crippen LogP contribution in [0, 0.1) is 0 Å². The fourth-order valence-corrected chi connectivity index (χ4v) is 3.29. The summed E-state index contributed by atoms with van der Waals surface area (Å²) in [6, 6.07) is 10.9. The highest BCUT2D eigenvalue weighted by Gasteiger charge is 2.37. The normalized spacial score (nSPS) is 15.0. The van der Waals surface area contributed by atoms with Crippen LogP contribution in [0.1, 0.15) is 34.7 Å². The van der Waals surface area contributed by atoms with Gasteiger partial charge in [0.05, 0.1) is 5.56 Å². The lowest BCUT2D eigenvalue weighted by Gasteiger charge is -2.16. The zero-order valence-electron chi connectivity index (χ0n) is 12.8. The van der Waals surface area contributed by atoms with E-state index in [1.807, 2.05) is 17.0 Å². The largest absolute Gasteiger partial charge is 0.416 e. The van der Waals surface area contributed by atoms with Gasteiger partial charge in [-0.3, -0.25) is 4.90 Å². The molecule has 5 heteroatoms. The van der Waals surface area contributed by atoms with E-state index in [0.717, 1.165) is 18.1 Å². The van der Waals surface area contributed by atoms with Crippen LogP contribution in [0.25, 0.3) is 0 Å². The maximum atomic E-state index is 13.2. The van der Waals surface area contributed by atoms with Gasteiger partial charge < -0.3 is 0 Å². The van der Waals surface area contributed by atoms with Gasteiger partial charge in [0.15, 0.2) is 0 Å². The van der Waals surface area contributed by atoms with Gasteiger partial charge in [0.25, 0.3) is 0 Å². The number of hydrogen-bond donors (Lipinski definition) is 0. The molecule has 0 saturated heterocycles. The van der Waals surface area contributed by atoms with Gasteiger partial charge in [-0.05, 0) is 40.8 Å². The molecule has 0 amide bonds. The second-order valence-corrected chi connectivity index (χ2v) is 6.34. The Balaban J connectivity index is 1.81. The number of rotatable bonds is 3. The van der Waals surface area contributed by atoms with Gasteiger partial charge in [0, 0.05) is 24.7 Å². The Kier molecular flexibility index (Phi) is 4.39. The summed E-state index contributed by atoms with van der Waals surface area (Å²) >= 11 is 5.86. The fourth-order valence-electron chi connectivity index (χ4n) is 3.04. The first-order valence-corrected chi connectivity index (χ1v) is 7.93. The van der Waals surface area contributed by atoms with Crippen molar-refractivity contribution >= 4 is 11.6 Å². The Labute approximate surface area is 138 Å². The monoisotopic (exact) mass is 339 g/mol. The van der Waals surface area contributed by atoms with Crippen molar-refractivity contribution in [3.8, 4) is 0 Å². The summed E-state index contributed by atoms with van der Waals surface area (Å²) in [7, 11) is 0. The number of nitrogens with zero attached hydrogens (tertiary/aromatic N) is 1. The second-order valence-electron chi connectivity index (χ2n) is 5.90. The minimum absolute atomic E-state index is 0.144. The van der Waals surface area contributed by atoms with Crippen molar-refractivity contribution in [1.82, 2.24) is 4.90 Å². The molecule has 0 spiro atoms. The van der Waals surface area contributed by atoms with Gasteiger partial charge >= 0.3 is 6.18 Å². The predicted octanol–water partition coefficient (Wildman–Crippen LogP) is 5.44. The Morgan fingerprint density at radius 3 is 2.30 bits per heavy atom.